The summed E-state index contributed by atoms with van der Waals surface area (Å²) in [5, 5.41) is 12.1. The van der Waals surface area contributed by atoms with E-state index in [-0.39, 0.29) is 0 Å². The van der Waals surface area contributed by atoms with Crippen molar-refractivity contribution in [2.45, 2.75) is 6.54 Å². The molecule has 0 spiro atoms. The predicted molar refractivity (Wildman–Crippen MR) is 92.4 cm³/mol. The lowest BCUT2D eigenvalue weighted by molar-refractivity contribution is 0.313. The molecule has 1 aromatic heterocycles. The van der Waals surface area contributed by atoms with Gasteiger partial charge in [0, 0.05) is 32.7 Å². The number of benzene rings is 1. The molecule has 1 aromatic carbocycles. The van der Waals surface area contributed by atoms with Crippen LogP contribution in [0.5, 0.6) is 0 Å². The third kappa shape index (κ3) is 3.99. The third-order valence-corrected chi connectivity index (χ3v) is 4.17. The number of nitrogens with one attached hydrogen (secondary N) is 1. The molecule has 2 aromatic rings. The molecule has 1 saturated heterocycles. The number of pyridine rings is 1. The molecule has 1 N–H and O–H groups in total. The highest BCUT2D eigenvalue weighted by Crippen LogP contribution is 2.17. The summed E-state index contributed by atoms with van der Waals surface area (Å²) < 4.78 is 0. The topological polar surface area (TPSA) is 55.2 Å². The number of aromatic nitrogens is 1. The minimum absolute atomic E-state index is 0.684. The zero-order chi connectivity index (χ0) is 16.1. The molecule has 0 amide bonds. The van der Waals surface area contributed by atoms with Gasteiger partial charge in [0.25, 0.3) is 0 Å². The minimum Gasteiger partial charge on any atom is -0.368 e. The van der Waals surface area contributed by atoms with E-state index in [4.69, 9.17) is 5.26 Å². The Labute approximate surface area is 137 Å². The quantitative estimate of drug-likeness (QED) is 0.939. The van der Waals surface area contributed by atoms with Crippen LogP contribution in [0, 0.1) is 11.3 Å². The van der Waals surface area contributed by atoms with Crippen LogP contribution in [0.25, 0.3) is 0 Å². The molecule has 5 nitrogen and oxygen atoms in total. The van der Waals surface area contributed by atoms with Crippen molar-refractivity contribution in [1.29, 1.82) is 5.26 Å². The molecule has 0 bridgehead atoms. The van der Waals surface area contributed by atoms with Gasteiger partial charge < -0.3 is 15.1 Å². The van der Waals surface area contributed by atoms with E-state index in [0.29, 0.717) is 12.1 Å². The summed E-state index contributed by atoms with van der Waals surface area (Å²) in [6.45, 7) is 5.00. The van der Waals surface area contributed by atoms with Gasteiger partial charge in [-0.15, -0.1) is 0 Å². The summed E-state index contributed by atoms with van der Waals surface area (Å²) in [7, 11) is 2.16. The molecule has 0 radical (unpaired) electrons. The SMILES string of the molecule is CN1CCN(c2ccc(NCc3ccc(C#N)cc3)nc2)CC1. The molecular weight excluding hydrogens is 286 g/mol. The second-order valence-electron chi connectivity index (χ2n) is 5.85. The van der Waals surface area contributed by atoms with Crippen molar-refractivity contribution < 1.29 is 0 Å². The zero-order valence-electron chi connectivity index (χ0n) is 13.4. The number of rotatable bonds is 4. The van der Waals surface area contributed by atoms with Crippen LogP contribution in [0.4, 0.5) is 11.5 Å². The van der Waals surface area contributed by atoms with E-state index in [0.717, 1.165) is 37.6 Å². The first kappa shape index (κ1) is 15.3. The molecule has 1 aliphatic heterocycles. The Balaban J connectivity index is 1.56. The van der Waals surface area contributed by atoms with Crippen molar-refractivity contribution in [3.05, 3.63) is 53.7 Å². The lowest BCUT2D eigenvalue weighted by Gasteiger charge is -2.33. The van der Waals surface area contributed by atoms with Gasteiger partial charge in [-0.2, -0.15) is 5.26 Å². The predicted octanol–water partition coefficient (Wildman–Crippen LogP) is 2.32. The lowest BCUT2D eigenvalue weighted by Crippen LogP contribution is -2.44. The van der Waals surface area contributed by atoms with Crippen molar-refractivity contribution in [2.75, 3.05) is 43.4 Å². The largest absolute Gasteiger partial charge is 0.368 e. The van der Waals surface area contributed by atoms with Crippen LogP contribution in [-0.4, -0.2) is 43.1 Å². The molecule has 0 unspecified atom stereocenters. The number of nitriles is 1. The standard InChI is InChI=1S/C18H21N5/c1-22-8-10-23(11-9-22)17-6-7-18(21-14-17)20-13-16-4-2-15(12-19)3-5-16/h2-7,14H,8-11,13H2,1H3,(H,20,21). The number of piperazine rings is 1. The van der Waals surface area contributed by atoms with Gasteiger partial charge in [-0.1, -0.05) is 12.1 Å². The average molecular weight is 307 g/mol. The number of anilines is 2. The summed E-state index contributed by atoms with van der Waals surface area (Å²) in [5.74, 6) is 0.868. The van der Waals surface area contributed by atoms with Gasteiger partial charge in [0.1, 0.15) is 5.82 Å². The Morgan fingerprint density at radius 2 is 1.83 bits per heavy atom. The number of hydrogen-bond donors (Lipinski definition) is 1. The van der Waals surface area contributed by atoms with Crippen LogP contribution in [0.1, 0.15) is 11.1 Å². The molecule has 3 rings (SSSR count). The van der Waals surface area contributed by atoms with E-state index in [1.165, 1.54) is 5.69 Å². The van der Waals surface area contributed by atoms with E-state index in [1.807, 2.05) is 36.5 Å². The fraction of sp³-hybridized carbons (Fsp3) is 0.333. The summed E-state index contributed by atoms with van der Waals surface area (Å²) in [6, 6.07) is 13.9. The van der Waals surface area contributed by atoms with Crippen LogP contribution in [0.15, 0.2) is 42.6 Å². The lowest BCUT2D eigenvalue weighted by atomic mass is 10.1. The fourth-order valence-corrected chi connectivity index (χ4v) is 2.63. The highest BCUT2D eigenvalue weighted by molar-refractivity contribution is 5.50. The van der Waals surface area contributed by atoms with Crippen molar-refractivity contribution in [3.63, 3.8) is 0 Å². The van der Waals surface area contributed by atoms with E-state index in [2.05, 4.69) is 39.3 Å². The first-order valence-electron chi connectivity index (χ1n) is 7.87. The molecule has 23 heavy (non-hydrogen) atoms. The first-order valence-corrected chi connectivity index (χ1v) is 7.87. The van der Waals surface area contributed by atoms with Crippen LogP contribution >= 0.6 is 0 Å². The number of hydrogen-bond acceptors (Lipinski definition) is 5. The van der Waals surface area contributed by atoms with Crippen LogP contribution in [-0.2, 0) is 6.54 Å². The van der Waals surface area contributed by atoms with Crippen LogP contribution in [0.2, 0.25) is 0 Å². The molecular formula is C18H21N5. The minimum atomic E-state index is 0.684. The molecule has 1 aliphatic rings. The van der Waals surface area contributed by atoms with Gasteiger partial charge in [-0.05, 0) is 36.9 Å². The molecule has 2 heterocycles. The third-order valence-electron chi connectivity index (χ3n) is 4.17. The van der Waals surface area contributed by atoms with Gasteiger partial charge in [-0.3, -0.25) is 0 Å². The van der Waals surface area contributed by atoms with Gasteiger partial charge >= 0.3 is 0 Å². The maximum absolute atomic E-state index is 8.80. The average Bonchev–Trinajstić information content (AvgIpc) is 2.61. The van der Waals surface area contributed by atoms with E-state index in [1.54, 1.807) is 0 Å². The van der Waals surface area contributed by atoms with Gasteiger partial charge in [-0.25, -0.2) is 4.98 Å². The van der Waals surface area contributed by atoms with Crippen molar-refractivity contribution in [2.24, 2.45) is 0 Å². The summed E-state index contributed by atoms with van der Waals surface area (Å²) >= 11 is 0. The monoisotopic (exact) mass is 307 g/mol. The summed E-state index contributed by atoms with van der Waals surface area (Å²) in [4.78, 5) is 9.22. The fourth-order valence-electron chi connectivity index (χ4n) is 2.63. The van der Waals surface area contributed by atoms with E-state index >= 15 is 0 Å². The molecule has 0 saturated carbocycles. The maximum atomic E-state index is 8.80. The van der Waals surface area contributed by atoms with Crippen LogP contribution in [0.3, 0.4) is 0 Å². The van der Waals surface area contributed by atoms with Gasteiger partial charge in [0.05, 0.1) is 23.5 Å². The second kappa shape index (κ2) is 7.12. The van der Waals surface area contributed by atoms with E-state index < -0.39 is 0 Å². The Hall–Kier alpha value is -2.58. The molecule has 5 heteroatoms. The Morgan fingerprint density at radius 3 is 2.43 bits per heavy atom. The Bertz CT molecular complexity index is 664. The molecule has 118 valence electrons. The first-order chi connectivity index (χ1) is 11.2. The molecule has 1 fully saturated rings. The summed E-state index contributed by atoms with van der Waals surface area (Å²) in [6.07, 6.45) is 1.94. The maximum Gasteiger partial charge on any atom is 0.126 e. The van der Waals surface area contributed by atoms with Gasteiger partial charge in [0.2, 0.25) is 0 Å². The van der Waals surface area contributed by atoms with Crippen molar-refractivity contribution in [1.82, 2.24) is 9.88 Å². The van der Waals surface area contributed by atoms with Crippen molar-refractivity contribution in [3.8, 4) is 6.07 Å². The van der Waals surface area contributed by atoms with Crippen LogP contribution < -0.4 is 10.2 Å². The van der Waals surface area contributed by atoms with Gasteiger partial charge in [0.15, 0.2) is 0 Å². The van der Waals surface area contributed by atoms with E-state index in [9.17, 15) is 0 Å². The highest BCUT2D eigenvalue weighted by Gasteiger charge is 2.14. The Kier molecular flexibility index (Phi) is 4.74. The molecule has 0 atom stereocenters. The highest BCUT2D eigenvalue weighted by atomic mass is 15.2. The normalized spacial score (nSPS) is 15.2. The number of likely N-dealkylation sites (N-methyl/N-ethyl adjacent to an activating group) is 1. The Morgan fingerprint density at radius 1 is 1.09 bits per heavy atom. The van der Waals surface area contributed by atoms with Crippen molar-refractivity contribution >= 4 is 11.5 Å². The molecule has 0 aliphatic carbocycles. The summed E-state index contributed by atoms with van der Waals surface area (Å²) in [5.41, 5.74) is 3.00. The number of nitrogens with zero attached hydrogens (tertiary/aromatic N) is 4. The zero-order valence-corrected chi connectivity index (χ0v) is 13.4. The second-order valence-corrected chi connectivity index (χ2v) is 5.85. The smallest absolute Gasteiger partial charge is 0.126 e.